The van der Waals surface area contributed by atoms with E-state index in [1.54, 1.807) is 6.07 Å². The van der Waals surface area contributed by atoms with Crippen molar-refractivity contribution in [1.82, 2.24) is 24.8 Å². The molecule has 0 atom stereocenters. The minimum absolute atomic E-state index is 0.499. The fraction of sp³-hybridized carbons (Fsp3) is 0.200. The van der Waals surface area contributed by atoms with E-state index in [1.807, 2.05) is 48.7 Å². The molecule has 8 heteroatoms. The van der Waals surface area contributed by atoms with Crippen LogP contribution in [0.5, 0.6) is 0 Å². The first-order valence-corrected chi connectivity index (χ1v) is 8.92. The maximum Gasteiger partial charge on any atom is 0.312 e. The first-order chi connectivity index (χ1) is 13.5. The average molecular weight is 376 g/mol. The van der Waals surface area contributed by atoms with Gasteiger partial charge in [-0.3, -0.25) is 9.38 Å². The van der Waals surface area contributed by atoms with Crippen LogP contribution in [0.3, 0.4) is 0 Å². The van der Waals surface area contributed by atoms with Gasteiger partial charge in [-0.25, -0.2) is 9.78 Å². The Morgan fingerprint density at radius 3 is 2.64 bits per heavy atom. The number of nitrogens with two attached hydrogens (primary N) is 1. The predicted molar refractivity (Wildman–Crippen MR) is 105 cm³/mol. The molecule has 3 heterocycles. The molecule has 0 aliphatic carbocycles. The van der Waals surface area contributed by atoms with Gasteiger partial charge in [0, 0.05) is 24.4 Å². The number of carbonyl (C=O) groups excluding carboxylic acids is 1. The largest absolute Gasteiger partial charge is 0.364 e. The van der Waals surface area contributed by atoms with Gasteiger partial charge in [0.15, 0.2) is 5.65 Å². The minimum Gasteiger partial charge on any atom is -0.364 e. The van der Waals surface area contributed by atoms with Crippen LogP contribution in [0.2, 0.25) is 0 Å². The topological polar surface area (TPSA) is 111 Å². The molecule has 0 bridgehead atoms. The molecule has 4 rings (SSSR count). The second-order valence-corrected chi connectivity index (χ2v) is 6.59. The van der Waals surface area contributed by atoms with Crippen LogP contribution in [0.1, 0.15) is 17.0 Å². The highest BCUT2D eigenvalue weighted by molar-refractivity contribution is 5.80. The van der Waals surface area contributed by atoms with E-state index in [-0.39, 0.29) is 0 Å². The standard InChI is InChI=1S/C20H20N6O2/c1-12-11-26-18(15-5-3-14(4-6-15)7-9-22-20(21)27)17(16-8-10-28-25-16)24-19(26)13(2)23-12/h3-6,8,10-11H,7,9H2,1-2H3,(H3,21,22,27). The van der Waals surface area contributed by atoms with Crippen LogP contribution >= 0.6 is 0 Å². The minimum atomic E-state index is -0.515. The van der Waals surface area contributed by atoms with Crippen molar-refractivity contribution in [2.24, 2.45) is 5.73 Å². The Balaban J connectivity index is 1.79. The highest BCUT2D eigenvalue weighted by Gasteiger charge is 2.19. The molecule has 0 unspecified atom stereocenters. The number of primary amides is 1. The summed E-state index contributed by atoms with van der Waals surface area (Å²) in [6.07, 6.45) is 4.21. The van der Waals surface area contributed by atoms with Gasteiger partial charge in [0.25, 0.3) is 0 Å². The molecule has 142 valence electrons. The Morgan fingerprint density at radius 2 is 1.96 bits per heavy atom. The van der Waals surface area contributed by atoms with Gasteiger partial charge in [0.2, 0.25) is 0 Å². The number of nitrogens with one attached hydrogen (secondary N) is 1. The number of carbonyl (C=O) groups is 1. The number of aryl methyl sites for hydroxylation is 2. The molecule has 2 amide bonds. The summed E-state index contributed by atoms with van der Waals surface area (Å²) < 4.78 is 7.08. The van der Waals surface area contributed by atoms with Gasteiger partial charge in [0.1, 0.15) is 17.7 Å². The molecule has 0 spiro atoms. The van der Waals surface area contributed by atoms with E-state index in [0.717, 1.165) is 39.5 Å². The summed E-state index contributed by atoms with van der Waals surface area (Å²) in [6, 6.07) is 9.43. The van der Waals surface area contributed by atoms with Gasteiger partial charge >= 0.3 is 6.03 Å². The molecule has 0 saturated heterocycles. The number of fused-ring (bicyclic) bond motifs is 1. The van der Waals surface area contributed by atoms with Gasteiger partial charge < -0.3 is 15.6 Å². The molecule has 1 aromatic carbocycles. The predicted octanol–water partition coefficient (Wildman–Crippen LogP) is 2.88. The Labute approximate surface area is 161 Å². The molecule has 0 aliphatic rings. The molecular weight excluding hydrogens is 356 g/mol. The van der Waals surface area contributed by atoms with Crippen molar-refractivity contribution in [3.05, 3.63) is 59.7 Å². The van der Waals surface area contributed by atoms with Crippen molar-refractivity contribution in [3.8, 4) is 22.6 Å². The van der Waals surface area contributed by atoms with Crippen LogP contribution in [-0.4, -0.2) is 32.1 Å². The van der Waals surface area contributed by atoms with Crippen molar-refractivity contribution in [1.29, 1.82) is 0 Å². The number of imidazole rings is 1. The zero-order chi connectivity index (χ0) is 19.7. The Kier molecular flexibility index (Phi) is 4.52. The van der Waals surface area contributed by atoms with E-state index in [2.05, 4.69) is 15.5 Å². The van der Waals surface area contributed by atoms with Crippen LogP contribution in [0.4, 0.5) is 4.79 Å². The van der Waals surface area contributed by atoms with Crippen LogP contribution in [0.15, 0.2) is 47.3 Å². The molecule has 3 N–H and O–H groups in total. The highest BCUT2D eigenvalue weighted by Crippen LogP contribution is 2.33. The zero-order valence-electron chi connectivity index (χ0n) is 15.6. The summed E-state index contributed by atoms with van der Waals surface area (Å²) in [5, 5.41) is 6.67. The number of rotatable bonds is 5. The average Bonchev–Trinajstić information content (AvgIpc) is 3.29. The number of hydrogen-bond acceptors (Lipinski definition) is 5. The number of benzene rings is 1. The molecular formula is C20H20N6O2. The quantitative estimate of drug-likeness (QED) is 0.556. The van der Waals surface area contributed by atoms with Crippen molar-refractivity contribution in [3.63, 3.8) is 0 Å². The number of hydrogen-bond donors (Lipinski definition) is 2. The van der Waals surface area contributed by atoms with Crippen molar-refractivity contribution < 1.29 is 9.32 Å². The van der Waals surface area contributed by atoms with E-state index in [1.165, 1.54) is 6.26 Å². The first kappa shape index (κ1) is 17.7. The molecule has 0 aliphatic heterocycles. The Hall–Kier alpha value is -3.68. The van der Waals surface area contributed by atoms with Crippen LogP contribution < -0.4 is 11.1 Å². The van der Waals surface area contributed by atoms with E-state index >= 15 is 0 Å². The molecule has 0 saturated carbocycles. The van der Waals surface area contributed by atoms with Crippen LogP contribution in [-0.2, 0) is 6.42 Å². The number of urea groups is 1. The van der Waals surface area contributed by atoms with E-state index in [9.17, 15) is 4.79 Å². The maximum atomic E-state index is 10.8. The summed E-state index contributed by atoms with van der Waals surface area (Å²) in [5.41, 5.74) is 12.1. The molecule has 8 nitrogen and oxygen atoms in total. The molecule has 28 heavy (non-hydrogen) atoms. The normalized spacial score (nSPS) is 11.1. The number of aromatic nitrogens is 4. The molecule has 3 aromatic heterocycles. The summed E-state index contributed by atoms with van der Waals surface area (Å²) in [5.74, 6) is 0. The van der Waals surface area contributed by atoms with Crippen molar-refractivity contribution in [2.45, 2.75) is 20.3 Å². The van der Waals surface area contributed by atoms with E-state index in [4.69, 9.17) is 15.2 Å². The zero-order valence-corrected chi connectivity index (χ0v) is 15.6. The maximum absolute atomic E-state index is 10.8. The van der Waals surface area contributed by atoms with E-state index < -0.39 is 6.03 Å². The second kappa shape index (κ2) is 7.15. The van der Waals surface area contributed by atoms with E-state index in [0.29, 0.717) is 18.7 Å². The fourth-order valence-corrected chi connectivity index (χ4v) is 3.29. The second-order valence-electron chi connectivity index (χ2n) is 6.59. The Bertz CT molecular complexity index is 1130. The lowest BCUT2D eigenvalue weighted by Gasteiger charge is -2.08. The van der Waals surface area contributed by atoms with Crippen molar-refractivity contribution in [2.75, 3.05) is 6.54 Å². The van der Waals surface area contributed by atoms with Crippen LogP contribution in [0.25, 0.3) is 28.3 Å². The Morgan fingerprint density at radius 1 is 1.18 bits per heavy atom. The highest BCUT2D eigenvalue weighted by atomic mass is 16.5. The molecule has 4 aromatic rings. The molecule has 0 radical (unpaired) electrons. The summed E-state index contributed by atoms with van der Waals surface area (Å²) in [6.45, 7) is 4.40. The SMILES string of the molecule is Cc1cn2c(-c3ccc(CCNC(N)=O)cc3)c(-c3ccon3)nc2c(C)n1. The summed E-state index contributed by atoms with van der Waals surface area (Å²) in [7, 11) is 0. The first-order valence-electron chi connectivity index (χ1n) is 8.92. The van der Waals surface area contributed by atoms with Gasteiger partial charge in [-0.2, -0.15) is 0 Å². The summed E-state index contributed by atoms with van der Waals surface area (Å²) >= 11 is 0. The lowest BCUT2D eigenvalue weighted by Crippen LogP contribution is -2.30. The fourth-order valence-electron chi connectivity index (χ4n) is 3.29. The third-order valence-electron chi connectivity index (χ3n) is 4.52. The third-order valence-corrected chi connectivity index (χ3v) is 4.52. The van der Waals surface area contributed by atoms with Crippen LogP contribution in [0, 0.1) is 13.8 Å². The van der Waals surface area contributed by atoms with Gasteiger partial charge in [-0.05, 0) is 25.8 Å². The summed E-state index contributed by atoms with van der Waals surface area (Å²) in [4.78, 5) is 20.1. The van der Waals surface area contributed by atoms with Crippen molar-refractivity contribution >= 4 is 11.7 Å². The monoisotopic (exact) mass is 376 g/mol. The third kappa shape index (κ3) is 3.32. The number of nitrogens with zero attached hydrogens (tertiary/aromatic N) is 4. The van der Waals surface area contributed by atoms with Gasteiger partial charge in [-0.1, -0.05) is 29.4 Å². The smallest absolute Gasteiger partial charge is 0.312 e. The van der Waals surface area contributed by atoms with Gasteiger partial charge in [-0.15, -0.1) is 0 Å². The van der Waals surface area contributed by atoms with Gasteiger partial charge in [0.05, 0.1) is 17.1 Å². The lowest BCUT2D eigenvalue weighted by atomic mass is 10.0. The molecule has 0 fully saturated rings. The number of amides is 2. The lowest BCUT2D eigenvalue weighted by molar-refractivity contribution is 0.249.